The highest BCUT2D eigenvalue weighted by atomic mass is 35.5. The van der Waals surface area contributed by atoms with E-state index in [0.717, 1.165) is 29.9 Å². The van der Waals surface area contributed by atoms with Gasteiger partial charge in [-0.1, -0.05) is 17.7 Å². The molecule has 2 amide bonds. The molecule has 6 nitrogen and oxygen atoms in total. The van der Waals surface area contributed by atoms with E-state index in [-0.39, 0.29) is 12.1 Å². The molecular formula is C21H25ClN2O4. The van der Waals surface area contributed by atoms with Gasteiger partial charge in [-0.05, 0) is 48.7 Å². The Hall–Kier alpha value is -2.44. The number of halogens is 1. The highest BCUT2D eigenvalue weighted by Crippen LogP contribution is 2.24. The fraction of sp³-hybridized carbons (Fsp3) is 0.381. The van der Waals surface area contributed by atoms with Crippen molar-refractivity contribution in [2.75, 3.05) is 32.6 Å². The van der Waals surface area contributed by atoms with Crippen molar-refractivity contribution < 1.29 is 19.0 Å². The van der Waals surface area contributed by atoms with E-state index in [1.165, 1.54) is 0 Å². The van der Waals surface area contributed by atoms with Crippen molar-refractivity contribution in [2.45, 2.75) is 25.6 Å². The summed E-state index contributed by atoms with van der Waals surface area (Å²) in [6, 6.07) is 12.7. The smallest absolute Gasteiger partial charge is 0.321 e. The van der Waals surface area contributed by atoms with Crippen LogP contribution in [0.4, 0.5) is 10.5 Å². The lowest BCUT2D eigenvalue weighted by Crippen LogP contribution is -2.45. The summed E-state index contributed by atoms with van der Waals surface area (Å²) >= 11 is 5.98. The molecule has 3 rings (SSSR count). The molecule has 0 saturated carbocycles. The number of urea groups is 1. The number of piperidine rings is 1. The maximum atomic E-state index is 12.5. The Kier molecular flexibility index (Phi) is 7.01. The number of ether oxygens (including phenoxy) is 3. The van der Waals surface area contributed by atoms with Crippen molar-refractivity contribution >= 4 is 23.3 Å². The lowest BCUT2D eigenvalue weighted by molar-refractivity contribution is 0.000909. The zero-order valence-electron chi connectivity index (χ0n) is 16.1. The van der Waals surface area contributed by atoms with Crippen molar-refractivity contribution in [2.24, 2.45) is 0 Å². The van der Waals surface area contributed by atoms with Gasteiger partial charge in [-0.25, -0.2) is 4.79 Å². The van der Waals surface area contributed by atoms with Gasteiger partial charge in [0, 0.05) is 29.9 Å². The molecule has 1 aliphatic heterocycles. The second-order valence-corrected chi connectivity index (χ2v) is 7.12. The molecule has 2 aromatic rings. The molecule has 1 atom stereocenters. The van der Waals surface area contributed by atoms with Crippen LogP contribution in [0.15, 0.2) is 42.5 Å². The third kappa shape index (κ3) is 5.53. The highest BCUT2D eigenvalue weighted by Gasteiger charge is 2.24. The number of hydrogen-bond acceptors (Lipinski definition) is 4. The summed E-state index contributed by atoms with van der Waals surface area (Å²) in [5, 5.41) is 3.48. The molecule has 0 bridgehead atoms. The lowest BCUT2D eigenvalue weighted by Gasteiger charge is -2.32. The van der Waals surface area contributed by atoms with Crippen LogP contribution in [0.2, 0.25) is 5.02 Å². The molecule has 0 radical (unpaired) electrons. The summed E-state index contributed by atoms with van der Waals surface area (Å²) < 4.78 is 16.7. The van der Waals surface area contributed by atoms with E-state index in [1.54, 1.807) is 31.3 Å². The van der Waals surface area contributed by atoms with Gasteiger partial charge in [0.1, 0.15) is 11.5 Å². The molecule has 1 saturated heterocycles. The molecule has 1 N–H and O–H groups in total. The Balaban J connectivity index is 1.55. The number of likely N-dealkylation sites (tertiary alicyclic amines) is 1. The second kappa shape index (κ2) is 9.66. The summed E-state index contributed by atoms with van der Waals surface area (Å²) in [6.07, 6.45) is 1.80. The molecule has 2 aromatic carbocycles. The summed E-state index contributed by atoms with van der Waals surface area (Å²) in [5.74, 6) is 1.45. The van der Waals surface area contributed by atoms with Crippen LogP contribution in [0, 0.1) is 0 Å². The first-order valence-corrected chi connectivity index (χ1v) is 9.60. The molecule has 28 heavy (non-hydrogen) atoms. The summed E-state index contributed by atoms with van der Waals surface area (Å²) in [4.78, 5) is 14.3. The van der Waals surface area contributed by atoms with E-state index in [9.17, 15) is 4.79 Å². The molecule has 1 unspecified atom stereocenters. The molecule has 0 aromatic heterocycles. The van der Waals surface area contributed by atoms with Crippen molar-refractivity contribution in [3.63, 3.8) is 0 Å². The molecule has 150 valence electrons. The number of carbonyl (C=O) groups excluding carboxylic acids is 1. The zero-order chi connectivity index (χ0) is 19.9. The average Bonchev–Trinajstić information content (AvgIpc) is 2.72. The number of nitrogens with zero attached hydrogens (tertiary/aromatic N) is 1. The summed E-state index contributed by atoms with van der Waals surface area (Å²) in [7, 11) is 3.24. The van der Waals surface area contributed by atoms with Crippen molar-refractivity contribution in [1.29, 1.82) is 0 Å². The predicted molar refractivity (Wildman–Crippen MR) is 109 cm³/mol. The van der Waals surface area contributed by atoms with Crippen LogP contribution in [-0.2, 0) is 11.3 Å². The SMILES string of the molecule is COc1cc(COC2CCCN(C(=O)Nc3cccc(Cl)c3)C2)cc(OC)c1. The minimum absolute atomic E-state index is 0.0175. The van der Waals surface area contributed by atoms with Crippen molar-refractivity contribution in [3.8, 4) is 11.5 Å². The zero-order valence-corrected chi connectivity index (χ0v) is 16.9. The first-order valence-electron chi connectivity index (χ1n) is 9.22. The fourth-order valence-corrected chi connectivity index (χ4v) is 3.38. The van der Waals surface area contributed by atoms with Gasteiger partial charge in [-0.2, -0.15) is 0 Å². The Morgan fingerprint density at radius 2 is 1.93 bits per heavy atom. The van der Waals surface area contributed by atoms with E-state index in [1.807, 2.05) is 30.3 Å². The fourth-order valence-electron chi connectivity index (χ4n) is 3.19. The van der Waals surface area contributed by atoms with Gasteiger partial charge in [-0.3, -0.25) is 0 Å². The first-order chi connectivity index (χ1) is 13.6. The number of benzene rings is 2. The van der Waals surface area contributed by atoms with E-state index in [0.29, 0.717) is 30.4 Å². The predicted octanol–water partition coefficient (Wildman–Crippen LogP) is 4.57. The quantitative estimate of drug-likeness (QED) is 0.766. The van der Waals surface area contributed by atoms with E-state index >= 15 is 0 Å². The average molecular weight is 405 g/mol. The molecule has 0 spiro atoms. The minimum atomic E-state index is -0.140. The van der Waals surface area contributed by atoms with Crippen LogP contribution in [0.25, 0.3) is 0 Å². The number of carbonyl (C=O) groups is 1. The van der Waals surface area contributed by atoms with Crippen molar-refractivity contribution in [3.05, 3.63) is 53.1 Å². The number of methoxy groups -OCH3 is 2. The topological polar surface area (TPSA) is 60.0 Å². The number of hydrogen-bond donors (Lipinski definition) is 1. The van der Waals surface area contributed by atoms with Gasteiger partial charge in [0.2, 0.25) is 0 Å². The van der Waals surface area contributed by atoms with Crippen LogP contribution < -0.4 is 14.8 Å². The lowest BCUT2D eigenvalue weighted by atomic mass is 10.1. The van der Waals surface area contributed by atoms with Crippen molar-refractivity contribution in [1.82, 2.24) is 4.90 Å². The Bertz CT molecular complexity index is 792. The van der Waals surface area contributed by atoms with Crippen LogP contribution in [0.3, 0.4) is 0 Å². The Labute approximate surface area is 170 Å². The molecule has 0 aliphatic carbocycles. The second-order valence-electron chi connectivity index (χ2n) is 6.68. The number of rotatable bonds is 6. The number of nitrogens with one attached hydrogen (secondary N) is 1. The summed E-state index contributed by atoms with van der Waals surface area (Å²) in [5.41, 5.74) is 1.65. The largest absolute Gasteiger partial charge is 0.497 e. The van der Waals surface area contributed by atoms with Gasteiger partial charge >= 0.3 is 6.03 Å². The van der Waals surface area contributed by atoms with E-state index in [2.05, 4.69) is 5.32 Å². The van der Waals surface area contributed by atoms with Gasteiger partial charge < -0.3 is 24.4 Å². The number of anilines is 1. The molecule has 1 aliphatic rings. The van der Waals surface area contributed by atoms with Crippen LogP contribution >= 0.6 is 11.6 Å². The maximum absolute atomic E-state index is 12.5. The third-order valence-corrected chi connectivity index (χ3v) is 4.87. The van der Waals surface area contributed by atoms with E-state index in [4.69, 9.17) is 25.8 Å². The molecule has 1 fully saturated rings. The van der Waals surface area contributed by atoms with Gasteiger partial charge in [-0.15, -0.1) is 0 Å². The van der Waals surface area contributed by atoms with Crippen LogP contribution in [-0.4, -0.2) is 44.3 Å². The molecule has 1 heterocycles. The summed E-state index contributed by atoms with van der Waals surface area (Å²) in [6.45, 7) is 1.69. The molecular weight excluding hydrogens is 380 g/mol. The molecule has 7 heteroatoms. The van der Waals surface area contributed by atoms with E-state index < -0.39 is 0 Å². The first kappa shape index (κ1) is 20.3. The van der Waals surface area contributed by atoms with Gasteiger partial charge in [0.15, 0.2) is 0 Å². The van der Waals surface area contributed by atoms with Crippen LogP contribution in [0.1, 0.15) is 18.4 Å². The number of amides is 2. The van der Waals surface area contributed by atoms with Gasteiger partial charge in [0.05, 0.1) is 26.9 Å². The third-order valence-electron chi connectivity index (χ3n) is 4.64. The maximum Gasteiger partial charge on any atom is 0.321 e. The minimum Gasteiger partial charge on any atom is -0.497 e. The Morgan fingerprint density at radius 1 is 1.18 bits per heavy atom. The standard InChI is InChI=1S/C21H25ClN2O4/c1-26-19-9-15(10-20(12-19)27-2)14-28-18-7-4-8-24(13-18)21(25)23-17-6-3-5-16(22)11-17/h3,5-6,9-12,18H,4,7-8,13-14H2,1-2H3,(H,23,25). The normalized spacial score (nSPS) is 16.5. The highest BCUT2D eigenvalue weighted by molar-refractivity contribution is 6.30. The monoisotopic (exact) mass is 404 g/mol. The van der Waals surface area contributed by atoms with Crippen LogP contribution in [0.5, 0.6) is 11.5 Å². The van der Waals surface area contributed by atoms with Gasteiger partial charge in [0.25, 0.3) is 0 Å². The Morgan fingerprint density at radius 3 is 2.61 bits per heavy atom.